The quantitative estimate of drug-likeness (QED) is 0.722. The Morgan fingerprint density at radius 2 is 2.00 bits per heavy atom. The predicted molar refractivity (Wildman–Crippen MR) is 112 cm³/mol. The second-order valence-electron chi connectivity index (χ2n) is 7.58. The van der Waals surface area contributed by atoms with E-state index >= 15 is 0 Å². The summed E-state index contributed by atoms with van der Waals surface area (Å²) in [4.78, 5) is 12.3. The molecule has 1 heterocycles. The topological polar surface area (TPSA) is 82.3 Å². The number of methoxy groups -OCH3 is 1. The average Bonchev–Trinajstić information content (AvgIpc) is 2.71. The fourth-order valence-corrected chi connectivity index (χ4v) is 4.24. The Morgan fingerprint density at radius 3 is 2.53 bits per heavy atom. The van der Waals surface area contributed by atoms with Crippen molar-refractivity contribution in [2.24, 2.45) is 5.41 Å². The molecule has 0 aliphatic carbocycles. The van der Waals surface area contributed by atoms with Crippen LogP contribution >= 0.6 is 11.6 Å². The highest BCUT2D eigenvalue weighted by Gasteiger charge is 2.52. The van der Waals surface area contributed by atoms with Crippen LogP contribution in [0.4, 0.5) is 4.39 Å². The van der Waals surface area contributed by atoms with E-state index in [-0.39, 0.29) is 10.6 Å². The molecule has 0 saturated carbocycles. The maximum Gasteiger partial charge on any atom is 0.312 e. The zero-order valence-electron chi connectivity index (χ0n) is 16.9. The number of aliphatic carboxylic acids is 1. The molecule has 0 spiro atoms. The zero-order chi connectivity index (χ0) is 22.1. The van der Waals surface area contributed by atoms with Crippen LogP contribution in [0.25, 0.3) is 0 Å². The zero-order valence-corrected chi connectivity index (χ0v) is 17.6. The van der Waals surface area contributed by atoms with Crippen LogP contribution in [0.2, 0.25) is 5.02 Å². The number of carboxylic acids is 1. The first-order valence-electron chi connectivity index (χ1n) is 9.43. The van der Waals surface area contributed by atoms with Crippen LogP contribution in [0.15, 0.2) is 53.7 Å². The molecule has 3 unspecified atom stereocenters. The number of ether oxygens (including phenoxy) is 1. The number of benzene rings is 2. The maximum absolute atomic E-state index is 13.6. The number of allylic oxidation sites excluding steroid dienone is 2. The van der Waals surface area contributed by atoms with Gasteiger partial charge in [-0.25, -0.2) is 4.39 Å². The van der Waals surface area contributed by atoms with E-state index < -0.39 is 29.2 Å². The van der Waals surface area contributed by atoms with Crippen molar-refractivity contribution >= 4 is 17.6 Å². The van der Waals surface area contributed by atoms with E-state index in [2.05, 4.69) is 11.4 Å². The molecule has 0 amide bonds. The normalized spacial score (nSPS) is 23.5. The van der Waals surface area contributed by atoms with Crippen molar-refractivity contribution in [1.29, 1.82) is 5.26 Å². The Hall–Kier alpha value is -3.04. The molecule has 0 bridgehead atoms. The largest absolute Gasteiger partial charge is 0.497 e. The van der Waals surface area contributed by atoms with Crippen LogP contribution < -0.4 is 10.1 Å². The highest BCUT2D eigenvalue weighted by molar-refractivity contribution is 6.31. The van der Waals surface area contributed by atoms with Crippen LogP contribution in [0.3, 0.4) is 0 Å². The molecule has 2 aromatic rings. The van der Waals surface area contributed by atoms with Gasteiger partial charge >= 0.3 is 5.97 Å². The Kier molecular flexibility index (Phi) is 6.04. The van der Waals surface area contributed by atoms with Gasteiger partial charge in [0.25, 0.3) is 0 Å². The van der Waals surface area contributed by atoms with Crippen LogP contribution in [0.1, 0.15) is 30.9 Å². The lowest BCUT2D eigenvalue weighted by molar-refractivity contribution is -0.150. The van der Waals surface area contributed by atoms with Gasteiger partial charge < -0.3 is 15.2 Å². The predicted octanol–water partition coefficient (Wildman–Crippen LogP) is 4.67. The van der Waals surface area contributed by atoms with Gasteiger partial charge in [0.1, 0.15) is 11.6 Å². The molecule has 156 valence electrons. The number of hydrogen-bond acceptors (Lipinski definition) is 4. The van der Waals surface area contributed by atoms with Crippen molar-refractivity contribution in [1.82, 2.24) is 5.32 Å². The van der Waals surface area contributed by atoms with Gasteiger partial charge in [0, 0.05) is 29.1 Å². The first-order valence-corrected chi connectivity index (χ1v) is 9.81. The molecule has 2 aromatic carbocycles. The molecule has 1 aliphatic rings. The highest BCUT2D eigenvalue weighted by atomic mass is 35.5. The third kappa shape index (κ3) is 3.73. The summed E-state index contributed by atoms with van der Waals surface area (Å²) in [7, 11) is 1.58. The number of nitriles is 1. The fraction of sp³-hybridized carbons (Fsp3) is 0.304. The van der Waals surface area contributed by atoms with E-state index in [9.17, 15) is 19.6 Å². The number of carbonyl (C=O) groups is 1. The molecule has 3 rings (SSSR count). The van der Waals surface area contributed by atoms with E-state index in [1.807, 2.05) is 24.3 Å². The molecule has 0 fully saturated rings. The second kappa shape index (κ2) is 8.37. The van der Waals surface area contributed by atoms with Crippen molar-refractivity contribution in [3.05, 3.63) is 75.7 Å². The average molecular weight is 429 g/mol. The molecular formula is C23H22ClFN2O3. The Labute approximate surface area is 179 Å². The standard InChI is InChI=1S/C23H22ClFN2O3/c1-13-23(2,22(28)29)21(17-9-6-15(25)11-19(17)24)18(12-26)20(27-13)10-14-4-7-16(30-3)8-5-14/h4-9,11,13,21,27H,10H2,1-3H3,(H,28,29). The molecule has 3 atom stereocenters. The van der Waals surface area contributed by atoms with E-state index in [1.54, 1.807) is 21.0 Å². The van der Waals surface area contributed by atoms with Crippen molar-refractivity contribution in [3.8, 4) is 11.8 Å². The lowest BCUT2D eigenvalue weighted by atomic mass is 9.63. The summed E-state index contributed by atoms with van der Waals surface area (Å²) >= 11 is 6.31. The first-order chi connectivity index (χ1) is 14.2. The third-order valence-electron chi connectivity index (χ3n) is 5.90. The van der Waals surface area contributed by atoms with Gasteiger partial charge in [-0.15, -0.1) is 0 Å². The van der Waals surface area contributed by atoms with Gasteiger partial charge in [0.2, 0.25) is 0 Å². The molecular weight excluding hydrogens is 407 g/mol. The van der Waals surface area contributed by atoms with Gasteiger partial charge in [-0.05, 0) is 49.2 Å². The summed E-state index contributed by atoms with van der Waals surface area (Å²) in [5.74, 6) is -1.71. The maximum atomic E-state index is 13.6. The molecule has 0 saturated heterocycles. The fourth-order valence-electron chi connectivity index (χ4n) is 3.96. The van der Waals surface area contributed by atoms with Gasteiger partial charge in [-0.3, -0.25) is 4.79 Å². The minimum Gasteiger partial charge on any atom is -0.497 e. The Bertz CT molecular complexity index is 1050. The van der Waals surface area contributed by atoms with E-state index in [1.165, 1.54) is 12.1 Å². The minimum absolute atomic E-state index is 0.0955. The van der Waals surface area contributed by atoms with Crippen LogP contribution in [0.5, 0.6) is 5.75 Å². The molecule has 1 aliphatic heterocycles. The number of halogens is 2. The molecule has 2 N–H and O–H groups in total. The van der Waals surface area contributed by atoms with Crippen molar-refractivity contribution in [3.63, 3.8) is 0 Å². The monoisotopic (exact) mass is 428 g/mol. The Balaban J connectivity index is 2.17. The van der Waals surface area contributed by atoms with Gasteiger partial charge in [-0.1, -0.05) is 29.8 Å². The van der Waals surface area contributed by atoms with E-state index in [0.717, 1.165) is 11.6 Å². The van der Waals surface area contributed by atoms with Crippen LogP contribution in [-0.2, 0) is 11.2 Å². The van der Waals surface area contributed by atoms with Crippen LogP contribution in [-0.4, -0.2) is 24.2 Å². The number of rotatable bonds is 5. The molecule has 30 heavy (non-hydrogen) atoms. The highest BCUT2D eigenvalue weighted by Crippen LogP contribution is 2.49. The van der Waals surface area contributed by atoms with E-state index in [0.29, 0.717) is 23.4 Å². The summed E-state index contributed by atoms with van der Waals surface area (Å²) in [5.41, 5.74) is 0.887. The number of hydrogen-bond donors (Lipinski definition) is 2. The SMILES string of the molecule is COc1ccc(CC2=C(C#N)C(c3ccc(F)cc3Cl)C(C)(C(=O)O)C(C)N2)cc1. The summed E-state index contributed by atoms with van der Waals surface area (Å²) in [6, 6.07) is 12.9. The van der Waals surface area contributed by atoms with Crippen LogP contribution in [0, 0.1) is 22.6 Å². The van der Waals surface area contributed by atoms with E-state index in [4.69, 9.17) is 16.3 Å². The summed E-state index contributed by atoms with van der Waals surface area (Å²) in [5, 5.41) is 23.4. The van der Waals surface area contributed by atoms with Crippen molar-refractivity contribution < 1.29 is 19.0 Å². The third-order valence-corrected chi connectivity index (χ3v) is 6.23. The summed E-state index contributed by atoms with van der Waals surface area (Å²) < 4.78 is 18.8. The van der Waals surface area contributed by atoms with Gasteiger partial charge in [-0.2, -0.15) is 5.26 Å². The number of carboxylic acid groups (broad SMARTS) is 1. The second-order valence-corrected chi connectivity index (χ2v) is 7.99. The lowest BCUT2D eigenvalue weighted by Crippen LogP contribution is -2.54. The smallest absolute Gasteiger partial charge is 0.312 e. The minimum atomic E-state index is -1.37. The van der Waals surface area contributed by atoms with Crippen molar-refractivity contribution in [2.45, 2.75) is 32.2 Å². The summed E-state index contributed by atoms with van der Waals surface area (Å²) in [6.45, 7) is 3.35. The van der Waals surface area contributed by atoms with Gasteiger partial charge in [0.05, 0.1) is 24.2 Å². The molecule has 0 radical (unpaired) electrons. The molecule has 7 heteroatoms. The first kappa shape index (κ1) is 21.7. The molecule has 0 aromatic heterocycles. The summed E-state index contributed by atoms with van der Waals surface area (Å²) in [6.07, 6.45) is 0.405. The number of nitrogens with zero attached hydrogens (tertiary/aromatic N) is 1. The number of nitrogens with one attached hydrogen (secondary N) is 1. The van der Waals surface area contributed by atoms with Crippen molar-refractivity contribution in [2.75, 3.05) is 7.11 Å². The molecule has 5 nitrogen and oxygen atoms in total. The van der Waals surface area contributed by atoms with Gasteiger partial charge in [0.15, 0.2) is 0 Å². The lowest BCUT2D eigenvalue weighted by Gasteiger charge is -2.45. The Morgan fingerprint density at radius 1 is 1.33 bits per heavy atom.